The lowest BCUT2D eigenvalue weighted by Gasteiger charge is -2.30. The second-order valence-corrected chi connectivity index (χ2v) is 6.03. The highest BCUT2D eigenvalue weighted by atomic mass is 16.6. The van der Waals surface area contributed by atoms with Gasteiger partial charge in [-0.05, 0) is 48.0 Å². The maximum absolute atomic E-state index is 11.8. The predicted octanol–water partition coefficient (Wildman–Crippen LogP) is 2.88. The zero-order valence-electron chi connectivity index (χ0n) is 11.8. The van der Waals surface area contributed by atoms with E-state index in [2.05, 4.69) is 26.1 Å². The second-order valence-electron chi connectivity index (χ2n) is 6.03. The van der Waals surface area contributed by atoms with Crippen molar-refractivity contribution in [2.45, 2.75) is 78.5 Å². The van der Waals surface area contributed by atoms with Crippen LogP contribution < -0.4 is 5.32 Å². The molecule has 0 aromatic heterocycles. The molecule has 0 fully saturated rings. The van der Waals surface area contributed by atoms with Crippen LogP contribution in [0.4, 0.5) is 0 Å². The molecule has 3 heteroatoms. The lowest BCUT2D eigenvalue weighted by Crippen LogP contribution is -2.49. The van der Waals surface area contributed by atoms with Crippen molar-refractivity contribution in [3.8, 4) is 0 Å². The number of carbonyl (C=O) groups excluding carboxylic acids is 1. The summed E-state index contributed by atoms with van der Waals surface area (Å²) in [5.41, 5.74) is -0.438. The zero-order chi connectivity index (χ0) is 13.0. The molecule has 16 heavy (non-hydrogen) atoms. The third-order valence-corrected chi connectivity index (χ3v) is 2.24. The summed E-state index contributed by atoms with van der Waals surface area (Å²) < 4.78 is 5.32. The SMILES string of the molecule is CCCC(C)(C)NC(C)C(=O)OC(C)(C)C. The summed E-state index contributed by atoms with van der Waals surface area (Å²) in [5, 5.41) is 3.30. The Hall–Kier alpha value is -0.570. The molecule has 1 unspecified atom stereocenters. The van der Waals surface area contributed by atoms with Crippen LogP contribution in [0.2, 0.25) is 0 Å². The minimum Gasteiger partial charge on any atom is -0.459 e. The van der Waals surface area contributed by atoms with Crippen LogP contribution in [0.25, 0.3) is 0 Å². The maximum Gasteiger partial charge on any atom is 0.323 e. The Kier molecular flexibility index (Phi) is 5.47. The van der Waals surface area contributed by atoms with E-state index in [1.54, 1.807) is 0 Å². The lowest BCUT2D eigenvalue weighted by molar-refractivity contribution is -0.157. The molecule has 1 N–H and O–H groups in total. The molecule has 0 bridgehead atoms. The standard InChI is InChI=1S/C13H27NO2/c1-8-9-13(6,7)14-10(2)11(15)16-12(3,4)5/h10,14H,8-9H2,1-7H3. The van der Waals surface area contributed by atoms with Crippen LogP contribution in [0.3, 0.4) is 0 Å². The quantitative estimate of drug-likeness (QED) is 0.737. The van der Waals surface area contributed by atoms with Crippen molar-refractivity contribution in [2.75, 3.05) is 0 Å². The maximum atomic E-state index is 11.8. The molecule has 0 rings (SSSR count). The van der Waals surface area contributed by atoms with Gasteiger partial charge in [0.05, 0.1) is 0 Å². The highest BCUT2D eigenvalue weighted by molar-refractivity contribution is 5.75. The van der Waals surface area contributed by atoms with E-state index >= 15 is 0 Å². The normalized spacial score (nSPS) is 14.7. The van der Waals surface area contributed by atoms with Crippen LogP contribution in [-0.2, 0) is 9.53 Å². The van der Waals surface area contributed by atoms with Gasteiger partial charge in [0.1, 0.15) is 11.6 Å². The Bertz CT molecular complexity index is 229. The zero-order valence-corrected chi connectivity index (χ0v) is 11.8. The van der Waals surface area contributed by atoms with Gasteiger partial charge in [-0.2, -0.15) is 0 Å². The summed E-state index contributed by atoms with van der Waals surface area (Å²) in [4.78, 5) is 11.8. The first-order valence-corrected chi connectivity index (χ1v) is 6.08. The number of rotatable bonds is 5. The molecule has 1 atom stereocenters. The lowest BCUT2D eigenvalue weighted by atomic mass is 9.98. The fourth-order valence-electron chi connectivity index (χ4n) is 1.73. The fourth-order valence-corrected chi connectivity index (χ4v) is 1.73. The number of hydrogen-bond acceptors (Lipinski definition) is 3. The highest BCUT2D eigenvalue weighted by Gasteiger charge is 2.26. The molecule has 96 valence electrons. The Morgan fingerprint density at radius 2 is 1.75 bits per heavy atom. The van der Waals surface area contributed by atoms with Crippen molar-refractivity contribution in [1.29, 1.82) is 0 Å². The van der Waals surface area contributed by atoms with Crippen LogP contribution in [-0.4, -0.2) is 23.2 Å². The predicted molar refractivity (Wildman–Crippen MR) is 67.4 cm³/mol. The number of nitrogens with one attached hydrogen (secondary N) is 1. The summed E-state index contributed by atoms with van der Waals surface area (Å²) >= 11 is 0. The Labute approximate surface area is 99.9 Å². The molecule has 0 aliphatic heterocycles. The summed E-state index contributed by atoms with van der Waals surface area (Å²) in [6, 6.07) is -0.263. The largest absolute Gasteiger partial charge is 0.459 e. The summed E-state index contributed by atoms with van der Waals surface area (Å²) in [6.45, 7) is 13.9. The monoisotopic (exact) mass is 229 g/mol. The highest BCUT2D eigenvalue weighted by Crippen LogP contribution is 2.14. The molecule has 0 aliphatic carbocycles. The second kappa shape index (κ2) is 5.67. The van der Waals surface area contributed by atoms with Crippen LogP contribution in [0.15, 0.2) is 0 Å². The van der Waals surface area contributed by atoms with Crippen LogP contribution in [0.5, 0.6) is 0 Å². The van der Waals surface area contributed by atoms with Crippen LogP contribution in [0, 0.1) is 0 Å². The molecule has 0 aromatic rings. The number of ether oxygens (including phenoxy) is 1. The van der Waals surface area contributed by atoms with E-state index in [4.69, 9.17) is 4.74 Å². The van der Waals surface area contributed by atoms with Crippen molar-refractivity contribution in [3.05, 3.63) is 0 Å². The summed E-state index contributed by atoms with van der Waals surface area (Å²) in [6.07, 6.45) is 2.14. The van der Waals surface area contributed by atoms with Crippen molar-refractivity contribution in [2.24, 2.45) is 0 Å². The van der Waals surface area contributed by atoms with Crippen LogP contribution >= 0.6 is 0 Å². The van der Waals surface area contributed by atoms with E-state index in [1.165, 1.54) is 0 Å². The van der Waals surface area contributed by atoms with E-state index in [-0.39, 0.29) is 17.6 Å². The summed E-state index contributed by atoms with van der Waals surface area (Å²) in [5.74, 6) is -0.184. The average molecular weight is 229 g/mol. The molecule has 0 radical (unpaired) electrons. The Morgan fingerprint density at radius 1 is 1.25 bits per heavy atom. The van der Waals surface area contributed by atoms with Crippen molar-refractivity contribution in [3.63, 3.8) is 0 Å². The minimum atomic E-state index is -0.415. The van der Waals surface area contributed by atoms with E-state index in [0.717, 1.165) is 12.8 Å². The van der Waals surface area contributed by atoms with Gasteiger partial charge in [0.2, 0.25) is 0 Å². The third kappa shape index (κ3) is 6.83. The fraction of sp³-hybridized carbons (Fsp3) is 0.923. The van der Waals surface area contributed by atoms with Crippen molar-refractivity contribution in [1.82, 2.24) is 5.32 Å². The number of esters is 1. The molecule has 0 saturated heterocycles. The van der Waals surface area contributed by atoms with E-state index in [1.807, 2.05) is 27.7 Å². The molecule has 0 heterocycles. The summed E-state index contributed by atoms with van der Waals surface area (Å²) in [7, 11) is 0. The number of carbonyl (C=O) groups is 1. The van der Waals surface area contributed by atoms with E-state index in [9.17, 15) is 4.79 Å². The van der Waals surface area contributed by atoms with Gasteiger partial charge in [-0.25, -0.2) is 0 Å². The van der Waals surface area contributed by atoms with E-state index < -0.39 is 5.60 Å². The van der Waals surface area contributed by atoms with Gasteiger partial charge in [-0.15, -0.1) is 0 Å². The molecule has 0 amide bonds. The first kappa shape index (κ1) is 15.4. The topological polar surface area (TPSA) is 38.3 Å². The van der Waals surface area contributed by atoms with Gasteiger partial charge in [0.25, 0.3) is 0 Å². The number of hydrogen-bond donors (Lipinski definition) is 1. The van der Waals surface area contributed by atoms with Crippen molar-refractivity contribution >= 4 is 5.97 Å². The first-order chi connectivity index (χ1) is 7.07. The third-order valence-electron chi connectivity index (χ3n) is 2.24. The van der Waals surface area contributed by atoms with Gasteiger partial charge in [-0.3, -0.25) is 10.1 Å². The Morgan fingerprint density at radius 3 is 2.12 bits per heavy atom. The van der Waals surface area contributed by atoms with Gasteiger partial charge < -0.3 is 4.74 Å². The van der Waals surface area contributed by atoms with Gasteiger partial charge in [0, 0.05) is 5.54 Å². The van der Waals surface area contributed by atoms with Gasteiger partial charge in [-0.1, -0.05) is 13.3 Å². The molecule has 0 spiro atoms. The Balaban J connectivity index is 4.25. The van der Waals surface area contributed by atoms with E-state index in [0.29, 0.717) is 0 Å². The van der Waals surface area contributed by atoms with Crippen LogP contribution in [0.1, 0.15) is 61.3 Å². The molecule has 3 nitrogen and oxygen atoms in total. The molecular weight excluding hydrogens is 202 g/mol. The molecule has 0 aliphatic rings. The van der Waals surface area contributed by atoms with Gasteiger partial charge in [0.15, 0.2) is 0 Å². The molecular formula is C13H27NO2. The van der Waals surface area contributed by atoms with Gasteiger partial charge >= 0.3 is 5.97 Å². The first-order valence-electron chi connectivity index (χ1n) is 6.08. The molecule has 0 saturated carbocycles. The smallest absolute Gasteiger partial charge is 0.323 e. The van der Waals surface area contributed by atoms with Crippen molar-refractivity contribution < 1.29 is 9.53 Å². The molecule has 0 aromatic carbocycles. The average Bonchev–Trinajstić information content (AvgIpc) is 1.99. The minimum absolute atomic E-state index is 0.0227.